The molecule has 0 radical (unpaired) electrons. The van der Waals surface area contributed by atoms with Crippen LogP contribution in [-0.2, 0) is 16.1 Å². The minimum absolute atomic E-state index is 0.00924. The molecule has 1 aliphatic heterocycles. The molecule has 4 rings (SSSR count). The lowest BCUT2D eigenvalue weighted by Gasteiger charge is -2.15. The highest BCUT2D eigenvalue weighted by molar-refractivity contribution is 9.10. The first-order valence-corrected chi connectivity index (χ1v) is 12.5. The Kier molecular flexibility index (Phi) is 8.16. The van der Waals surface area contributed by atoms with E-state index in [-0.39, 0.29) is 23.9 Å². The Labute approximate surface area is 230 Å². The van der Waals surface area contributed by atoms with Crippen molar-refractivity contribution in [2.75, 3.05) is 6.61 Å². The van der Waals surface area contributed by atoms with Gasteiger partial charge in [-0.3, -0.25) is 10.1 Å². The molecule has 190 valence electrons. The predicted octanol–water partition coefficient (Wildman–Crippen LogP) is 7.29. The zero-order valence-corrected chi connectivity index (χ0v) is 22.7. The number of cyclic esters (lactones) is 1. The zero-order valence-electron chi connectivity index (χ0n) is 19.6. The van der Waals surface area contributed by atoms with E-state index in [1.54, 1.807) is 43.3 Å². The molecule has 0 amide bonds. The molecule has 0 spiro atoms. The summed E-state index contributed by atoms with van der Waals surface area (Å²) in [6.45, 7) is 4.07. The van der Waals surface area contributed by atoms with Gasteiger partial charge in [0.1, 0.15) is 6.61 Å². The minimum Gasteiger partial charge on any atom is -0.490 e. The van der Waals surface area contributed by atoms with Crippen LogP contribution in [0, 0.1) is 17.0 Å². The van der Waals surface area contributed by atoms with Crippen molar-refractivity contribution in [3.8, 4) is 11.5 Å². The van der Waals surface area contributed by atoms with Crippen LogP contribution in [0.15, 0.2) is 63.7 Å². The van der Waals surface area contributed by atoms with E-state index in [0.717, 1.165) is 5.56 Å². The van der Waals surface area contributed by atoms with E-state index >= 15 is 0 Å². The molecular formula is C26H19BrCl2N2O6. The minimum atomic E-state index is -0.674. The van der Waals surface area contributed by atoms with Gasteiger partial charge in [-0.05, 0) is 77.3 Å². The van der Waals surface area contributed by atoms with Gasteiger partial charge in [-0.1, -0.05) is 35.3 Å². The highest BCUT2D eigenvalue weighted by Crippen LogP contribution is 2.38. The summed E-state index contributed by atoms with van der Waals surface area (Å²) in [4.78, 5) is 27.5. The van der Waals surface area contributed by atoms with Crippen LogP contribution in [0.4, 0.5) is 5.69 Å². The summed E-state index contributed by atoms with van der Waals surface area (Å²) in [5.74, 6) is 0.242. The quantitative estimate of drug-likeness (QED) is 0.116. The van der Waals surface area contributed by atoms with Crippen molar-refractivity contribution >= 4 is 62.8 Å². The van der Waals surface area contributed by atoms with Gasteiger partial charge in [0.15, 0.2) is 17.2 Å². The second kappa shape index (κ2) is 11.3. The largest absolute Gasteiger partial charge is 0.490 e. The number of nitrogens with zero attached hydrogens (tertiary/aromatic N) is 2. The van der Waals surface area contributed by atoms with E-state index in [9.17, 15) is 14.9 Å². The number of benzene rings is 3. The molecule has 0 saturated carbocycles. The summed E-state index contributed by atoms with van der Waals surface area (Å²) in [6.07, 6.45) is 1.54. The SMILES string of the molecule is CCOc1cc(/C=C2\N=C(c3ccc(C)c([N+](=O)[O-])c3)OC2=O)cc(Br)c1OCc1ccc(Cl)c(Cl)c1. The number of halogens is 3. The highest BCUT2D eigenvalue weighted by Gasteiger charge is 2.26. The number of rotatable bonds is 8. The lowest BCUT2D eigenvalue weighted by molar-refractivity contribution is -0.385. The Hall–Kier alpha value is -3.40. The van der Waals surface area contributed by atoms with Gasteiger partial charge >= 0.3 is 5.97 Å². The van der Waals surface area contributed by atoms with Crippen LogP contribution in [0.2, 0.25) is 10.0 Å². The van der Waals surface area contributed by atoms with E-state index < -0.39 is 10.9 Å². The summed E-state index contributed by atoms with van der Waals surface area (Å²) in [7, 11) is 0. The van der Waals surface area contributed by atoms with Gasteiger partial charge in [-0.2, -0.15) is 0 Å². The summed E-state index contributed by atoms with van der Waals surface area (Å²) in [6, 6.07) is 13.2. The average molecular weight is 606 g/mol. The van der Waals surface area contributed by atoms with Gasteiger partial charge in [0.05, 0.1) is 26.0 Å². The number of carbonyl (C=O) groups is 1. The normalized spacial score (nSPS) is 13.9. The fourth-order valence-electron chi connectivity index (χ4n) is 3.49. The van der Waals surface area contributed by atoms with E-state index in [0.29, 0.717) is 49.3 Å². The second-order valence-electron chi connectivity index (χ2n) is 7.89. The van der Waals surface area contributed by atoms with Crippen LogP contribution in [-0.4, -0.2) is 23.4 Å². The topological polar surface area (TPSA) is 100 Å². The molecule has 8 nitrogen and oxygen atoms in total. The van der Waals surface area contributed by atoms with E-state index in [1.807, 2.05) is 13.0 Å². The maximum Gasteiger partial charge on any atom is 0.363 e. The molecule has 0 aromatic heterocycles. The molecule has 3 aromatic carbocycles. The number of nitro benzene ring substituents is 1. The maximum atomic E-state index is 12.5. The molecule has 11 heteroatoms. The Bertz CT molecular complexity index is 1470. The molecule has 37 heavy (non-hydrogen) atoms. The van der Waals surface area contributed by atoms with Crippen LogP contribution in [0.25, 0.3) is 6.08 Å². The molecule has 0 saturated heterocycles. The molecular weight excluding hydrogens is 587 g/mol. The molecule has 3 aromatic rings. The number of esters is 1. The standard InChI is InChI=1S/C26H19BrCl2N2O6/c1-3-35-23-11-16(8-18(27)24(23)36-13-15-5-7-19(28)20(29)9-15)10-21-26(32)37-25(30-21)17-6-4-14(2)22(12-17)31(33)34/h4-12H,3,13H2,1-2H3/b21-10-. The van der Waals surface area contributed by atoms with Gasteiger partial charge in [-0.25, -0.2) is 9.79 Å². The van der Waals surface area contributed by atoms with Crippen LogP contribution < -0.4 is 9.47 Å². The van der Waals surface area contributed by atoms with Crippen molar-refractivity contribution in [1.82, 2.24) is 0 Å². The number of carbonyl (C=O) groups excluding carboxylic acids is 1. The number of hydrogen-bond donors (Lipinski definition) is 0. The van der Waals surface area contributed by atoms with Crippen molar-refractivity contribution in [2.45, 2.75) is 20.5 Å². The van der Waals surface area contributed by atoms with Crippen molar-refractivity contribution in [2.24, 2.45) is 4.99 Å². The van der Waals surface area contributed by atoms with Crippen molar-refractivity contribution in [3.05, 3.63) is 101 Å². The smallest absolute Gasteiger partial charge is 0.363 e. The van der Waals surface area contributed by atoms with Gasteiger partial charge in [0, 0.05) is 17.2 Å². The zero-order chi connectivity index (χ0) is 26.7. The summed E-state index contributed by atoms with van der Waals surface area (Å²) in [5.41, 5.74) is 2.19. The van der Waals surface area contributed by atoms with E-state index in [1.165, 1.54) is 12.1 Å². The summed E-state index contributed by atoms with van der Waals surface area (Å²) >= 11 is 15.6. The fraction of sp³-hybridized carbons (Fsp3) is 0.154. The van der Waals surface area contributed by atoms with Gasteiger partial charge in [0.25, 0.3) is 5.69 Å². The number of hydrogen-bond acceptors (Lipinski definition) is 7. The predicted molar refractivity (Wildman–Crippen MR) is 145 cm³/mol. The van der Waals surface area contributed by atoms with Crippen LogP contribution >= 0.6 is 39.1 Å². The third-order valence-corrected chi connectivity index (χ3v) is 6.60. The molecule has 0 unspecified atom stereocenters. The molecule has 0 fully saturated rings. The number of aryl methyl sites for hydroxylation is 1. The maximum absolute atomic E-state index is 12.5. The van der Waals surface area contributed by atoms with Gasteiger partial charge < -0.3 is 14.2 Å². The first kappa shape index (κ1) is 26.7. The number of ether oxygens (including phenoxy) is 3. The summed E-state index contributed by atoms with van der Waals surface area (Å²) in [5, 5.41) is 12.2. The molecule has 1 heterocycles. The Morgan fingerprint density at radius 3 is 2.59 bits per heavy atom. The second-order valence-corrected chi connectivity index (χ2v) is 9.56. The van der Waals surface area contributed by atoms with Gasteiger partial charge in [0.2, 0.25) is 5.90 Å². The Morgan fingerprint density at radius 1 is 1.11 bits per heavy atom. The van der Waals surface area contributed by atoms with Crippen molar-refractivity contribution in [1.29, 1.82) is 0 Å². The molecule has 0 aliphatic carbocycles. The molecule has 0 N–H and O–H groups in total. The van der Waals surface area contributed by atoms with Gasteiger partial charge in [-0.15, -0.1) is 0 Å². The van der Waals surface area contributed by atoms with E-state index in [4.69, 9.17) is 37.4 Å². The Morgan fingerprint density at radius 2 is 1.89 bits per heavy atom. The summed E-state index contributed by atoms with van der Waals surface area (Å²) < 4.78 is 17.6. The third-order valence-electron chi connectivity index (χ3n) is 5.28. The monoisotopic (exact) mass is 604 g/mol. The highest BCUT2D eigenvalue weighted by atomic mass is 79.9. The lowest BCUT2D eigenvalue weighted by atomic mass is 10.1. The fourth-order valence-corrected chi connectivity index (χ4v) is 4.38. The first-order chi connectivity index (χ1) is 17.7. The Balaban J connectivity index is 1.62. The number of nitro groups is 1. The molecule has 0 bridgehead atoms. The number of aliphatic imine (C=N–C) groups is 1. The lowest BCUT2D eigenvalue weighted by Crippen LogP contribution is -2.06. The molecule has 0 atom stereocenters. The van der Waals surface area contributed by atoms with Crippen molar-refractivity contribution < 1.29 is 23.9 Å². The average Bonchev–Trinajstić information content (AvgIpc) is 3.21. The van der Waals surface area contributed by atoms with E-state index in [2.05, 4.69) is 20.9 Å². The molecule has 1 aliphatic rings. The van der Waals surface area contributed by atoms with Crippen LogP contribution in [0.1, 0.15) is 29.2 Å². The first-order valence-electron chi connectivity index (χ1n) is 11.0. The van der Waals surface area contributed by atoms with Crippen LogP contribution in [0.5, 0.6) is 11.5 Å². The van der Waals surface area contributed by atoms with Crippen LogP contribution in [0.3, 0.4) is 0 Å². The third kappa shape index (κ3) is 6.12. The van der Waals surface area contributed by atoms with Crippen molar-refractivity contribution in [3.63, 3.8) is 0 Å².